The van der Waals surface area contributed by atoms with Gasteiger partial charge >= 0.3 is 19.8 Å². The molecular weight excluding hydrogens is 266 g/mol. The maximum Gasteiger partial charge on any atom is 0.344 e. The molecule has 1 rings (SSSR count). The third kappa shape index (κ3) is 1.86. The van der Waals surface area contributed by atoms with E-state index in [1.807, 2.05) is 0 Å². The van der Waals surface area contributed by atoms with Crippen molar-refractivity contribution in [3.8, 4) is 5.75 Å². The largest absolute Gasteiger partial charge is 0.507 e. The van der Waals surface area contributed by atoms with Crippen LogP contribution in [0, 0.1) is 9.39 Å². The van der Waals surface area contributed by atoms with Gasteiger partial charge in [0.1, 0.15) is 15.1 Å². The Hall–Kier alpha value is -0.720. The minimum atomic E-state index is -3.66. The summed E-state index contributed by atoms with van der Waals surface area (Å²) in [6.45, 7) is 0. The quantitative estimate of drug-likeness (QED) is 0.793. The van der Waals surface area contributed by atoms with E-state index >= 15 is 0 Å². The van der Waals surface area contributed by atoms with Crippen molar-refractivity contribution in [2.24, 2.45) is 0 Å². The molecule has 0 aliphatic rings. The summed E-state index contributed by atoms with van der Waals surface area (Å²) in [5.41, 5.74) is 0. The third-order valence-electron chi connectivity index (χ3n) is 1.07. The zero-order valence-corrected chi connectivity index (χ0v) is 7.41. The molecule has 0 amide bonds. The van der Waals surface area contributed by atoms with Crippen molar-refractivity contribution in [3.63, 3.8) is 0 Å². The zero-order chi connectivity index (χ0) is 8.43. The van der Waals surface area contributed by atoms with E-state index in [2.05, 4.69) is 0 Å². The Morgan fingerprint density at radius 2 is 2.00 bits per heavy atom. The molecule has 0 aliphatic heterocycles. The van der Waals surface area contributed by atoms with Crippen LogP contribution in [0.1, 0.15) is 0 Å². The average Bonchev–Trinajstić information content (AvgIpc) is 1.85. The van der Waals surface area contributed by atoms with Gasteiger partial charge in [-0.05, 0) is 12.1 Å². The Balaban J connectivity index is 3.31. The Morgan fingerprint density at radius 1 is 1.36 bits per heavy atom. The van der Waals surface area contributed by atoms with Crippen LogP contribution in [0.4, 0.5) is 4.39 Å². The van der Waals surface area contributed by atoms with Crippen molar-refractivity contribution in [1.82, 2.24) is 0 Å². The van der Waals surface area contributed by atoms with Crippen LogP contribution in [0.5, 0.6) is 5.75 Å². The third-order valence-corrected chi connectivity index (χ3v) is 2.94. The van der Waals surface area contributed by atoms with E-state index in [4.69, 9.17) is 5.11 Å². The summed E-state index contributed by atoms with van der Waals surface area (Å²) >= 11 is -3.66. The van der Waals surface area contributed by atoms with Crippen molar-refractivity contribution in [2.75, 3.05) is 0 Å². The molecule has 0 aliphatic carbocycles. The predicted molar refractivity (Wildman–Crippen MR) is 42.2 cm³/mol. The first-order valence-electron chi connectivity index (χ1n) is 2.65. The Bertz CT molecular complexity index is 338. The molecule has 1 aromatic rings. The Labute approximate surface area is 69.0 Å². The molecule has 0 unspecified atom stereocenters. The lowest BCUT2D eigenvalue weighted by Gasteiger charge is -1.93. The van der Waals surface area contributed by atoms with Crippen LogP contribution in [0.15, 0.2) is 18.2 Å². The van der Waals surface area contributed by atoms with E-state index in [-0.39, 0.29) is 3.57 Å². The number of phenolic OH excluding ortho intramolecular Hbond substituents is 1. The summed E-state index contributed by atoms with van der Waals surface area (Å²) in [6, 6.07) is 2.82. The number of halogens is 2. The molecule has 3 nitrogen and oxygen atoms in total. The van der Waals surface area contributed by atoms with Crippen LogP contribution in [-0.2, 0) is 6.14 Å². The zero-order valence-electron chi connectivity index (χ0n) is 5.25. The van der Waals surface area contributed by atoms with Crippen LogP contribution in [0.3, 0.4) is 0 Å². The van der Waals surface area contributed by atoms with Gasteiger partial charge in [-0.1, -0.05) is 0 Å². The first-order chi connectivity index (χ1) is 5.11. The summed E-state index contributed by atoms with van der Waals surface area (Å²) < 4.78 is 32.9. The van der Waals surface area contributed by atoms with Gasteiger partial charge in [-0.15, -0.1) is 0 Å². The maximum absolute atomic E-state index is 12.3. The summed E-state index contributed by atoms with van der Waals surface area (Å²) in [5, 5.41) is 8.86. The summed E-state index contributed by atoms with van der Waals surface area (Å²) in [6.07, 6.45) is 0. The highest BCUT2D eigenvalue weighted by Gasteiger charge is 2.05. The summed E-state index contributed by atoms with van der Waals surface area (Å²) in [5.74, 6) is -1.16. The van der Waals surface area contributed by atoms with Gasteiger partial charge in [0, 0.05) is 6.07 Å². The van der Waals surface area contributed by atoms with Crippen LogP contribution >= 0.6 is 19.8 Å². The summed E-state index contributed by atoms with van der Waals surface area (Å²) in [7, 11) is 0. The molecule has 0 heterocycles. The molecule has 0 spiro atoms. The van der Waals surface area contributed by atoms with Crippen molar-refractivity contribution < 1.29 is 15.6 Å². The fraction of sp³-hybridized carbons (Fsp3) is 0. The van der Waals surface area contributed by atoms with Gasteiger partial charge in [-0.3, -0.25) is 0 Å². The topological polar surface area (TPSA) is 54.4 Å². The van der Waals surface area contributed by atoms with Crippen LogP contribution in [0.25, 0.3) is 0 Å². The van der Waals surface area contributed by atoms with Gasteiger partial charge < -0.3 is 5.11 Å². The highest BCUT2D eigenvalue weighted by atomic mass is 127. The number of hydrogen-bond donors (Lipinski definition) is 1. The van der Waals surface area contributed by atoms with Gasteiger partial charge in [-0.25, -0.2) is 10.5 Å². The normalized spacial score (nSPS) is 10.4. The van der Waals surface area contributed by atoms with E-state index in [0.29, 0.717) is 0 Å². The minimum Gasteiger partial charge on any atom is -0.507 e. The number of aromatic hydroxyl groups is 1. The SMILES string of the molecule is O=I(=O)c1ccc(F)cc1O. The number of hydrogen-bond acceptors (Lipinski definition) is 3. The van der Waals surface area contributed by atoms with E-state index in [1.54, 1.807) is 0 Å². The molecule has 0 fully saturated rings. The highest BCUT2D eigenvalue weighted by Crippen LogP contribution is 2.27. The van der Waals surface area contributed by atoms with Gasteiger partial charge in [0.15, 0.2) is 0 Å². The molecule has 0 atom stereocenters. The van der Waals surface area contributed by atoms with Crippen molar-refractivity contribution in [2.45, 2.75) is 0 Å². The minimum absolute atomic E-state index is 0.171. The van der Waals surface area contributed by atoms with E-state index in [1.165, 1.54) is 0 Å². The molecule has 11 heavy (non-hydrogen) atoms. The number of benzene rings is 1. The van der Waals surface area contributed by atoms with E-state index < -0.39 is 31.4 Å². The highest BCUT2D eigenvalue weighted by molar-refractivity contribution is 14.2. The molecular formula is C6H4FIO3. The standard InChI is InChI=1S/C6H4FIO3/c7-4-1-2-5(8(10)11)6(9)3-4/h1-3,9H. The monoisotopic (exact) mass is 270 g/mol. The Morgan fingerprint density at radius 3 is 2.45 bits per heavy atom. The fourth-order valence-electron chi connectivity index (χ4n) is 0.616. The second kappa shape index (κ2) is 3.12. The molecule has 1 aromatic carbocycles. The molecule has 0 saturated heterocycles. The lowest BCUT2D eigenvalue weighted by Crippen LogP contribution is -1.77. The molecule has 0 saturated carbocycles. The lowest BCUT2D eigenvalue weighted by atomic mass is 10.3. The first kappa shape index (κ1) is 8.38. The summed E-state index contributed by atoms with van der Waals surface area (Å²) in [4.78, 5) is 0. The second-order valence-corrected chi connectivity index (χ2v) is 4.22. The average molecular weight is 270 g/mol. The molecule has 0 aromatic heterocycles. The van der Waals surface area contributed by atoms with Crippen LogP contribution in [-0.4, -0.2) is 5.11 Å². The molecule has 60 valence electrons. The van der Waals surface area contributed by atoms with Crippen molar-refractivity contribution in [1.29, 1.82) is 0 Å². The van der Waals surface area contributed by atoms with E-state index in [9.17, 15) is 10.5 Å². The molecule has 1 N–H and O–H groups in total. The van der Waals surface area contributed by atoms with Gasteiger partial charge in [0.25, 0.3) is 0 Å². The van der Waals surface area contributed by atoms with E-state index in [0.717, 1.165) is 18.2 Å². The van der Waals surface area contributed by atoms with Gasteiger partial charge in [-0.2, -0.15) is 0 Å². The Kier molecular flexibility index (Phi) is 2.38. The lowest BCUT2D eigenvalue weighted by molar-refractivity contribution is 0.465. The van der Waals surface area contributed by atoms with Crippen molar-refractivity contribution >= 4 is 19.8 Å². The maximum atomic E-state index is 12.3. The number of phenols is 1. The molecule has 0 radical (unpaired) electrons. The second-order valence-electron chi connectivity index (χ2n) is 1.81. The smallest absolute Gasteiger partial charge is 0.344 e. The molecule has 0 bridgehead atoms. The van der Waals surface area contributed by atoms with Gasteiger partial charge in [0.2, 0.25) is 0 Å². The fourth-order valence-corrected chi connectivity index (χ4v) is 1.70. The van der Waals surface area contributed by atoms with Crippen molar-refractivity contribution in [3.05, 3.63) is 27.6 Å². The molecule has 5 heteroatoms. The predicted octanol–water partition coefficient (Wildman–Crippen LogP) is 1.90. The number of rotatable bonds is 1. The van der Waals surface area contributed by atoms with Gasteiger partial charge in [0.05, 0.1) is 0 Å². The van der Waals surface area contributed by atoms with Crippen LogP contribution < -0.4 is 0 Å². The van der Waals surface area contributed by atoms with Crippen LogP contribution in [0.2, 0.25) is 0 Å². The first-order valence-corrected chi connectivity index (χ1v) is 5.49.